The quantitative estimate of drug-likeness (QED) is 0.793. The van der Waals surface area contributed by atoms with Crippen LogP contribution in [0.15, 0.2) is 42.5 Å². The minimum absolute atomic E-state index is 0.200. The van der Waals surface area contributed by atoms with Crippen LogP contribution in [0.3, 0.4) is 0 Å². The molecule has 2 aromatic carbocycles. The van der Waals surface area contributed by atoms with Crippen molar-refractivity contribution in [3.8, 4) is 5.75 Å². The molecule has 0 bridgehead atoms. The van der Waals surface area contributed by atoms with Crippen molar-refractivity contribution in [1.29, 1.82) is 0 Å². The third-order valence-electron chi connectivity index (χ3n) is 2.95. The van der Waals surface area contributed by atoms with E-state index in [0.717, 1.165) is 24.2 Å². The fourth-order valence-electron chi connectivity index (χ4n) is 1.97. The molecule has 0 saturated carbocycles. The number of halogens is 1. The van der Waals surface area contributed by atoms with E-state index in [2.05, 4.69) is 5.32 Å². The summed E-state index contributed by atoms with van der Waals surface area (Å²) in [6.07, 6.45) is 0.756. The summed E-state index contributed by atoms with van der Waals surface area (Å²) in [5.41, 5.74) is 8.36. The van der Waals surface area contributed by atoms with Gasteiger partial charge in [-0.3, -0.25) is 0 Å². The molecule has 0 amide bonds. The lowest BCUT2D eigenvalue weighted by atomic mass is 10.1. The zero-order chi connectivity index (χ0) is 14.4. The molecule has 0 radical (unpaired) electrons. The van der Waals surface area contributed by atoms with Gasteiger partial charge in [0.05, 0.1) is 12.3 Å². The highest BCUT2D eigenvalue weighted by atomic mass is 19.1. The number of nitrogens with two attached hydrogens (primary N) is 1. The first-order valence-corrected chi connectivity index (χ1v) is 6.69. The summed E-state index contributed by atoms with van der Waals surface area (Å²) in [6, 6.07) is 12.2. The average molecular weight is 274 g/mol. The van der Waals surface area contributed by atoms with E-state index in [9.17, 15) is 4.39 Å². The number of ether oxygens (including phenoxy) is 1. The first-order valence-electron chi connectivity index (χ1n) is 6.69. The van der Waals surface area contributed by atoms with Gasteiger partial charge in [-0.05, 0) is 43.2 Å². The SMILES string of the molecule is CCOc1cc(NCCc2cccc(F)c2)ccc1N. The Hall–Kier alpha value is -2.23. The summed E-state index contributed by atoms with van der Waals surface area (Å²) >= 11 is 0. The molecule has 0 atom stereocenters. The van der Waals surface area contributed by atoms with E-state index in [0.29, 0.717) is 18.0 Å². The highest BCUT2D eigenvalue weighted by molar-refractivity contribution is 5.61. The molecule has 0 aliphatic rings. The maximum absolute atomic E-state index is 13.0. The second-order valence-corrected chi connectivity index (χ2v) is 4.49. The van der Waals surface area contributed by atoms with E-state index < -0.39 is 0 Å². The standard InChI is InChI=1S/C16H19FN2O/c1-2-20-16-11-14(6-7-15(16)18)19-9-8-12-4-3-5-13(17)10-12/h3-7,10-11,19H,2,8-9,18H2,1H3. The topological polar surface area (TPSA) is 47.3 Å². The molecule has 0 aliphatic carbocycles. The van der Waals surface area contributed by atoms with Gasteiger partial charge in [-0.15, -0.1) is 0 Å². The number of nitrogen functional groups attached to an aromatic ring is 1. The molecule has 106 valence electrons. The predicted molar refractivity (Wildman–Crippen MR) is 80.6 cm³/mol. The van der Waals surface area contributed by atoms with E-state index >= 15 is 0 Å². The molecule has 20 heavy (non-hydrogen) atoms. The number of hydrogen-bond acceptors (Lipinski definition) is 3. The molecule has 3 N–H and O–H groups in total. The molecule has 0 spiro atoms. The Morgan fingerprint density at radius 2 is 2.05 bits per heavy atom. The van der Waals surface area contributed by atoms with Crippen LogP contribution >= 0.6 is 0 Å². The average Bonchev–Trinajstić information content (AvgIpc) is 2.43. The molecule has 3 nitrogen and oxygen atoms in total. The van der Waals surface area contributed by atoms with Crippen molar-refractivity contribution in [2.45, 2.75) is 13.3 Å². The Morgan fingerprint density at radius 1 is 1.20 bits per heavy atom. The lowest BCUT2D eigenvalue weighted by Gasteiger charge is -2.11. The first kappa shape index (κ1) is 14.2. The zero-order valence-electron chi connectivity index (χ0n) is 11.5. The minimum Gasteiger partial charge on any atom is -0.492 e. The highest BCUT2D eigenvalue weighted by Gasteiger charge is 2.02. The second-order valence-electron chi connectivity index (χ2n) is 4.49. The van der Waals surface area contributed by atoms with Gasteiger partial charge in [0.15, 0.2) is 0 Å². The summed E-state index contributed by atoms with van der Waals surface area (Å²) in [5.74, 6) is 0.483. The van der Waals surface area contributed by atoms with Crippen LogP contribution in [0.1, 0.15) is 12.5 Å². The molecule has 0 aromatic heterocycles. The van der Waals surface area contributed by atoms with Gasteiger partial charge in [0, 0.05) is 18.3 Å². The van der Waals surface area contributed by atoms with Crippen molar-refractivity contribution in [1.82, 2.24) is 0 Å². The molecule has 4 heteroatoms. The van der Waals surface area contributed by atoms with E-state index in [1.807, 2.05) is 31.2 Å². The molecule has 2 aromatic rings. The number of rotatable bonds is 6. The number of anilines is 2. The normalized spacial score (nSPS) is 10.3. The maximum atomic E-state index is 13.0. The Balaban J connectivity index is 1.92. The zero-order valence-corrected chi connectivity index (χ0v) is 11.5. The smallest absolute Gasteiger partial charge is 0.144 e. The Labute approximate surface area is 118 Å². The molecule has 0 saturated heterocycles. The number of hydrogen-bond donors (Lipinski definition) is 2. The fourth-order valence-corrected chi connectivity index (χ4v) is 1.97. The molecule has 2 rings (SSSR count). The monoisotopic (exact) mass is 274 g/mol. The van der Waals surface area contributed by atoms with Crippen molar-refractivity contribution in [3.63, 3.8) is 0 Å². The van der Waals surface area contributed by atoms with Crippen molar-refractivity contribution >= 4 is 11.4 Å². The maximum Gasteiger partial charge on any atom is 0.144 e. The lowest BCUT2D eigenvalue weighted by Crippen LogP contribution is -2.06. The van der Waals surface area contributed by atoms with E-state index in [-0.39, 0.29) is 5.82 Å². The van der Waals surface area contributed by atoms with Crippen molar-refractivity contribution in [3.05, 3.63) is 53.8 Å². The molecule has 0 heterocycles. The van der Waals surface area contributed by atoms with E-state index in [1.165, 1.54) is 6.07 Å². The van der Waals surface area contributed by atoms with E-state index in [1.54, 1.807) is 12.1 Å². The van der Waals surface area contributed by atoms with Crippen LogP contribution in [0.2, 0.25) is 0 Å². The van der Waals surface area contributed by atoms with Gasteiger partial charge >= 0.3 is 0 Å². The third-order valence-corrected chi connectivity index (χ3v) is 2.95. The van der Waals surface area contributed by atoms with Gasteiger partial charge in [0.1, 0.15) is 11.6 Å². The van der Waals surface area contributed by atoms with Crippen LogP contribution in [0.25, 0.3) is 0 Å². The van der Waals surface area contributed by atoms with Crippen LogP contribution < -0.4 is 15.8 Å². The van der Waals surface area contributed by atoms with Crippen LogP contribution in [0.5, 0.6) is 5.75 Å². The molecule has 0 fully saturated rings. The van der Waals surface area contributed by atoms with Gasteiger partial charge < -0.3 is 15.8 Å². The molecule has 0 aliphatic heterocycles. The largest absolute Gasteiger partial charge is 0.492 e. The number of benzene rings is 2. The van der Waals surface area contributed by atoms with Gasteiger partial charge in [-0.1, -0.05) is 12.1 Å². The number of nitrogens with one attached hydrogen (secondary N) is 1. The van der Waals surface area contributed by atoms with Crippen molar-refractivity contribution < 1.29 is 9.13 Å². The highest BCUT2D eigenvalue weighted by Crippen LogP contribution is 2.25. The van der Waals surface area contributed by atoms with Crippen LogP contribution in [0.4, 0.5) is 15.8 Å². The molecular formula is C16H19FN2O. The van der Waals surface area contributed by atoms with Crippen LogP contribution in [-0.2, 0) is 6.42 Å². The lowest BCUT2D eigenvalue weighted by molar-refractivity contribution is 0.342. The van der Waals surface area contributed by atoms with Gasteiger partial charge in [-0.25, -0.2) is 4.39 Å². The van der Waals surface area contributed by atoms with Gasteiger partial charge in [0.2, 0.25) is 0 Å². The van der Waals surface area contributed by atoms with E-state index in [4.69, 9.17) is 10.5 Å². The molecular weight excluding hydrogens is 255 g/mol. The Morgan fingerprint density at radius 3 is 2.80 bits per heavy atom. The third kappa shape index (κ3) is 3.88. The Kier molecular flexibility index (Phi) is 4.82. The summed E-state index contributed by atoms with van der Waals surface area (Å²) in [5, 5.41) is 3.28. The first-order chi connectivity index (χ1) is 9.69. The summed E-state index contributed by atoms with van der Waals surface area (Å²) in [7, 11) is 0. The van der Waals surface area contributed by atoms with Crippen molar-refractivity contribution in [2.24, 2.45) is 0 Å². The minimum atomic E-state index is -0.200. The van der Waals surface area contributed by atoms with Crippen LogP contribution in [-0.4, -0.2) is 13.2 Å². The fraction of sp³-hybridized carbons (Fsp3) is 0.250. The van der Waals surface area contributed by atoms with Crippen LogP contribution in [0, 0.1) is 5.82 Å². The molecule has 0 unspecified atom stereocenters. The van der Waals surface area contributed by atoms with Gasteiger partial charge in [0.25, 0.3) is 0 Å². The summed E-state index contributed by atoms with van der Waals surface area (Å²) in [6.45, 7) is 3.22. The predicted octanol–water partition coefficient (Wildman–Crippen LogP) is 3.46. The second kappa shape index (κ2) is 6.80. The summed E-state index contributed by atoms with van der Waals surface area (Å²) in [4.78, 5) is 0. The van der Waals surface area contributed by atoms with Crippen molar-refractivity contribution in [2.75, 3.05) is 24.2 Å². The Bertz CT molecular complexity index is 572. The summed E-state index contributed by atoms with van der Waals surface area (Å²) < 4.78 is 18.5. The van der Waals surface area contributed by atoms with Gasteiger partial charge in [-0.2, -0.15) is 0 Å².